The number of benzene rings is 1. The Labute approximate surface area is 189 Å². The average Bonchev–Trinajstić information content (AvgIpc) is 2.76. The second-order valence-corrected chi connectivity index (χ2v) is 8.37. The number of hydrogen-bond donors (Lipinski definition) is 3. The summed E-state index contributed by atoms with van der Waals surface area (Å²) < 4.78 is 42.5. The summed E-state index contributed by atoms with van der Waals surface area (Å²) in [4.78, 5) is 43.8. The van der Waals surface area contributed by atoms with Gasteiger partial charge in [-0.05, 0) is 17.5 Å². The van der Waals surface area contributed by atoms with Crippen LogP contribution >= 0.6 is 0 Å². The molecule has 0 radical (unpaired) electrons. The maximum absolute atomic E-state index is 13.1. The number of carbonyl (C=O) groups excluding carboxylic acids is 3. The van der Waals surface area contributed by atoms with Crippen LogP contribution in [-0.4, -0.2) is 57.6 Å². The lowest BCUT2D eigenvalue weighted by molar-refractivity contribution is 0.0596. The number of esters is 1. The third-order valence-corrected chi connectivity index (χ3v) is 5.70. The van der Waals surface area contributed by atoms with E-state index in [1.807, 2.05) is 0 Å². The van der Waals surface area contributed by atoms with Gasteiger partial charge in [-0.3, -0.25) is 10.1 Å². The molecular weight excluding hydrogens is 458 g/mol. The van der Waals surface area contributed by atoms with Gasteiger partial charge in [-0.1, -0.05) is 19.9 Å². The van der Waals surface area contributed by atoms with E-state index in [1.165, 1.54) is 32.4 Å². The minimum Gasteiger partial charge on any atom is -0.481 e. The predicted molar refractivity (Wildman–Crippen MR) is 115 cm³/mol. The van der Waals surface area contributed by atoms with Gasteiger partial charge in [0, 0.05) is 0 Å². The second-order valence-electron chi connectivity index (χ2n) is 6.75. The van der Waals surface area contributed by atoms with E-state index < -0.39 is 44.0 Å². The first-order valence-corrected chi connectivity index (χ1v) is 10.8. The standard InChI is InChI=1S/C19H23N5O8S/c1-9(2)10-6-7-11(17(26)32-5)15(14(10)16(20)25)33(28,29)24-19(27)23-18-21-12(30-3)8-13(22-18)31-4/h6-9H,1-5H3,(H2,20,25)(H2,21,22,23,24,27). The SMILES string of the molecule is COC(=O)c1ccc(C(C)C)c(C(N)=O)c1S(=O)(=O)NC(=O)Nc1nc(OC)cc(OC)n1. The summed E-state index contributed by atoms with van der Waals surface area (Å²) in [5.41, 5.74) is 4.79. The Kier molecular flexibility index (Phi) is 7.76. The van der Waals surface area contributed by atoms with Crippen molar-refractivity contribution in [2.24, 2.45) is 5.73 Å². The monoisotopic (exact) mass is 481 g/mol. The highest BCUT2D eigenvalue weighted by Gasteiger charge is 2.33. The number of nitrogens with one attached hydrogen (secondary N) is 2. The lowest BCUT2D eigenvalue weighted by Crippen LogP contribution is -2.37. The van der Waals surface area contributed by atoms with Crippen molar-refractivity contribution in [3.8, 4) is 11.8 Å². The lowest BCUT2D eigenvalue weighted by Gasteiger charge is -2.18. The van der Waals surface area contributed by atoms with Crippen LogP contribution in [0.5, 0.6) is 11.8 Å². The fourth-order valence-corrected chi connectivity index (χ4v) is 4.18. The molecule has 13 nitrogen and oxygen atoms in total. The van der Waals surface area contributed by atoms with Gasteiger partial charge in [0.1, 0.15) is 4.90 Å². The predicted octanol–water partition coefficient (Wildman–Crippen LogP) is 1.01. The van der Waals surface area contributed by atoms with Crippen LogP contribution in [0.4, 0.5) is 10.7 Å². The number of methoxy groups -OCH3 is 3. The van der Waals surface area contributed by atoms with Gasteiger partial charge in [0.25, 0.3) is 10.0 Å². The number of anilines is 1. The molecule has 0 aliphatic carbocycles. The fourth-order valence-electron chi connectivity index (χ4n) is 2.85. The van der Waals surface area contributed by atoms with Crippen LogP contribution < -0.4 is 25.2 Å². The number of ether oxygens (including phenoxy) is 3. The summed E-state index contributed by atoms with van der Waals surface area (Å²) in [7, 11) is -1.14. The quantitative estimate of drug-likeness (QED) is 0.459. The third kappa shape index (κ3) is 5.65. The number of aromatic nitrogens is 2. The number of urea groups is 1. The highest BCUT2D eigenvalue weighted by atomic mass is 32.2. The largest absolute Gasteiger partial charge is 0.481 e. The number of nitrogens with zero attached hydrogens (tertiary/aromatic N) is 2. The highest BCUT2D eigenvalue weighted by Crippen LogP contribution is 2.29. The minimum absolute atomic E-state index is 0.0358. The van der Waals surface area contributed by atoms with Crippen molar-refractivity contribution in [2.75, 3.05) is 26.6 Å². The number of nitrogens with two attached hydrogens (primary N) is 1. The van der Waals surface area contributed by atoms with Gasteiger partial charge in [-0.2, -0.15) is 9.97 Å². The number of carbonyl (C=O) groups is 3. The van der Waals surface area contributed by atoms with Gasteiger partial charge in [0.05, 0.1) is 38.5 Å². The fraction of sp³-hybridized carbons (Fsp3) is 0.316. The molecule has 0 atom stereocenters. The van der Waals surface area contributed by atoms with Gasteiger partial charge in [-0.25, -0.2) is 22.7 Å². The molecule has 1 aromatic carbocycles. The van der Waals surface area contributed by atoms with E-state index in [0.717, 1.165) is 7.11 Å². The van der Waals surface area contributed by atoms with Crippen LogP contribution in [-0.2, 0) is 14.8 Å². The van der Waals surface area contributed by atoms with E-state index in [9.17, 15) is 22.8 Å². The zero-order valence-corrected chi connectivity index (χ0v) is 19.3. The molecule has 0 fully saturated rings. The molecule has 0 bridgehead atoms. The number of amides is 3. The normalized spacial score (nSPS) is 11.0. The van der Waals surface area contributed by atoms with Crippen molar-refractivity contribution in [3.05, 3.63) is 34.9 Å². The summed E-state index contributed by atoms with van der Waals surface area (Å²) in [5.74, 6) is -2.75. The molecule has 0 spiro atoms. The van der Waals surface area contributed by atoms with Crippen molar-refractivity contribution >= 4 is 33.9 Å². The van der Waals surface area contributed by atoms with E-state index in [4.69, 9.17) is 15.2 Å². The first-order chi connectivity index (χ1) is 15.4. The number of rotatable bonds is 8. The number of hydrogen-bond acceptors (Lipinski definition) is 10. The highest BCUT2D eigenvalue weighted by molar-refractivity contribution is 7.90. The molecule has 0 saturated carbocycles. The Bertz CT molecular complexity index is 1170. The van der Waals surface area contributed by atoms with Gasteiger partial charge < -0.3 is 19.9 Å². The van der Waals surface area contributed by atoms with Crippen molar-refractivity contribution < 1.29 is 37.0 Å². The summed E-state index contributed by atoms with van der Waals surface area (Å²) in [6.45, 7) is 3.40. The Balaban J connectivity index is 2.55. The van der Waals surface area contributed by atoms with Gasteiger partial charge in [0.2, 0.25) is 23.6 Å². The minimum atomic E-state index is -4.81. The molecule has 2 rings (SSSR count). The zero-order valence-electron chi connectivity index (χ0n) is 18.5. The Morgan fingerprint density at radius 2 is 1.61 bits per heavy atom. The maximum Gasteiger partial charge on any atom is 0.339 e. The van der Waals surface area contributed by atoms with E-state index in [1.54, 1.807) is 18.6 Å². The average molecular weight is 481 g/mol. The molecular formula is C19H23N5O8S. The topological polar surface area (TPSA) is 189 Å². The number of sulfonamides is 1. The zero-order chi connectivity index (χ0) is 24.9. The smallest absolute Gasteiger partial charge is 0.339 e. The summed E-state index contributed by atoms with van der Waals surface area (Å²) >= 11 is 0. The lowest BCUT2D eigenvalue weighted by atomic mass is 9.94. The van der Waals surface area contributed by atoms with E-state index >= 15 is 0 Å². The van der Waals surface area contributed by atoms with Crippen molar-refractivity contribution in [3.63, 3.8) is 0 Å². The molecule has 0 aliphatic heterocycles. The van der Waals surface area contributed by atoms with Crippen LogP contribution in [0.3, 0.4) is 0 Å². The molecule has 2 aromatic rings. The Morgan fingerprint density at radius 1 is 1.03 bits per heavy atom. The van der Waals surface area contributed by atoms with E-state index in [2.05, 4.69) is 20.0 Å². The van der Waals surface area contributed by atoms with Crippen molar-refractivity contribution in [2.45, 2.75) is 24.7 Å². The van der Waals surface area contributed by atoms with Gasteiger partial charge in [0.15, 0.2) is 0 Å². The summed E-state index contributed by atoms with van der Waals surface area (Å²) in [6, 6.07) is 2.62. The van der Waals surface area contributed by atoms with Crippen LogP contribution in [0.2, 0.25) is 0 Å². The van der Waals surface area contributed by atoms with Crippen LogP contribution in [0.1, 0.15) is 46.0 Å². The summed E-state index contributed by atoms with van der Waals surface area (Å²) in [6.07, 6.45) is 0. The van der Waals surface area contributed by atoms with Crippen LogP contribution in [0.15, 0.2) is 23.1 Å². The van der Waals surface area contributed by atoms with E-state index in [0.29, 0.717) is 0 Å². The number of primary amides is 1. The molecule has 33 heavy (non-hydrogen) atoms. The molecule has 1 aromatic heterocycles. The molecule has 3 amide bonds. The van der Waals surface area contributed by atoms with Crippen molar-refractivity contribution in [1.29, 1.82) is 0 Å². The van der Waals surface area contributed by atoms with E-state index in [-0.39, 0.29) is 29.2 Å². The Hall–Kier alpha value is -3.94. The maximum atomic E-state index is 13.1. The third-order valence-electron chi connectivity index (χ3n) is 4.28. The molecule has 178 valence electrons. The molecule has 0 unspecified atom stereocenters. The summed E-state index contributed by atoms with van der Waals surface area (Å²) in [5, 5.41) is 2.12. The molecule has 4 N–H and O–H groups in total. The molecule has 0 saturated heterocycles. The first kappa shape index (κ1) is 25.3. The van der Waals surface area contributed by atoms with Gasteiger partial charge >= 0.3 is 12.0 Å². The Morgan fingerprint density at radius 3 is 2.06 bits per heavy atom. The van der Waals surface area contributed by atoms with Crippen LogP contribution in [0.25, 0.3) is 0 Å². The molecule has 0 aliphatic rings. The van der Waals surface area contributed by atoms with Crippen LogP contribution in [0, 0.1) is 0 Å². The second kappa shape index (κ2) is 10.1. The first-order valence-electron chi connectivity index (χ1n) is 9.31. The molecule has 1 heterocycles. The molecule has 14 heteroatoms. The van der Waals surface area contributed by atoms with Crippen molar-refractivity contribution in [1.82, 2.24) is 14.7 Å². The van der Waals surface area contributed by atoms with Gasteiger partial charge in [-0.15, -0.1) is 0 Å².